The summed E-state index contributed by atoms with van der Waals surface area (Å²) >= 11 is 0. The minimum atomic E-state index is -1.51. The number of rotatable bonds is 5. The van der Waals surface area contributed by atoms with E-state index in [1.54, 1.807) is 24.3 Å². The van der Waals surface area contributed by atoms with Crippen LogP contribution in [0.2, 0.25) is 0 Å². The van der Waals surface area contributed by atoms with Crippen molar-refractivity contribution in [1.29, 1.82) is 0 Å². The molecule has 1 aliphatic rings. The molecule has 0 bridgehead atoms. The van der Waals surface area contributed by atoms with Gasteiger partial charge in [-0.2, -0.15) is 0 Å². The second kappa shape index (κ2) is 9.03. The number of halogens is 5. The summed E-state index contributed by atoms with van der Waals surface area (Å²) in [5.41, 5.74) is 1.37. The summed E-state index contributed by atoms with van der Waals surface area (Å²) in [6.45, 7) is 0.513. The summed E-state index contributed by atoms with van der Waals surface area (Å²) < 4.78 is 83.8. The summed E-state index contributed by atoms with van der Waals surface area (Å²) in [6, 6.07) is 11.9. The third-order valence-electron chi connectivity index (χ3n) is 4.85. The van der Waals surface area contributed by atoms with E-state index in [1.807, 2.05) is 0 Å². The standard InChI is InChI=1S/C23H17F5O3/c24-17-2-1-3-18(25)22(17)29-10-13-11-30-23(31-12-13)15-6-4-14(5-7-15)16-8-19(26)21(28)20(27)9-16/h1-9,13,23H,10-12H2. The zero-order chi connectivity index (χ0) is 22.0. The smallest absolute Gasteiger partial charge is 0.194 e. The molecule has 0 aliphatic carbocycles. The topological polar surface area (TPSA) is 27.7 Å². The third-order valence-corrected chi connectivity index (χ3v) is 4.85. The molecule has 1 saturated heterocycles. The van der Waals surface area contributed by atoms with Crippen LogP contribution in [0.15, 0.2) is 54.6 Å². The van der Waals surface area contributed by atoms with Crippen molar-refractivity contribution in [3.8, 4) is 16.9 Å². The van der Waals surface area contributed by atoms with Crippen LogP contribution < -0.4 is 4.74 Å². The van der Waals surface area contributed by atoms with Crippen LogP contribution in [0, 0.1) is 35.0 Å². The van der Waals surface area contributed by atoms with E-state index in [9.17, 15) is 22.0 Å². The first-order chi connectivity index (χ1) is 14.9. The highest BCUT2D eigenvalue weighted by Gasteiger charge is 2.25. The average Bonchev–Trinajstić information content (AvgIpc) is 2.77. The van der Waals surface area contributed by atoms with Gasteiger partial charge in [0.25, 0.3) is 0 Å². The van der Waals surface area contributed by atoms with Crippen molar-refractivity contribution in [1.82, 2.24) is 0 Å². The first-order valence-electron chi connectivity index (χ1n) is 9.47. The van der Waals surface area contributed by atoms with Gasteiger partial charge in [-0.15, -0.1) is 0 Å². The molecule has 4 rings (SSSR count). The Hall–Kier alpha value is -2.97. The molecule has 3 aromatic rings. The Kier molecular flexibility index (Phi) is 6.20. The van der Waals surface area contributed by atoms with Crippen molar-refractivity contribution >= 4 is 0 Å². The third kappa shape index (κ3) is 4.70. The van der Waals surface area contributed by atoms with E-state index >= 15 is 0 Å². The normalized spacial score (nSPS) is 18.7. The summed E-state index contributed by atoms with van der Waals surface area (Å²) in [6.07, 6.45) is -0.669. The Morgan fingerprint density at radius 2 is 1.32 bits per heavy atom. The predicted octanol–water partition coefficient (Wildman–Crippen LogP) is 5.79. The second-order valence-electron chi connectivity index (χ2n) is 7.10. The van der Waals surface area contributed by atoms with Gasteiger partial charge in [-0.05, 0) is 35.4 Å². The van der Waals surface area contributed by atoms with E-state index in [-0.39, 0.29) is 31.3 Å². The minimum Gasteiger partial charge on any atom is -0.487 e. The molecule has 31 heavy (non-hydrogen) atoms. The van der Waals surface area contributed by atoms with Gasteiger partial charge >= 0.3 is 0 Å². The maximum Gasteiger partial charge on any atom is 0.194 e. The van der Waals surface area contributed by atoms with E-state index in [2.05, 4.69) is 0 Å². The van der Waals surface area contributed by atoms with E-state index in [1.165, 1.54) is 6.07 Å². The molecule has 1 fully saturated rings. The number of benzene rings is 3. The van der Waals surface area contributed by atoms with Crippen LogP contribution in [0.1, 0.15) is 11.9 Å². The molecule has 0 atom stereocenters. The number of hydrogen-bond donors (Lipinski definition) is 0. The Morgan fingerprint density at radius 3 is 1.90 bits per heavy atom. The average molecular weight is 436 g/mol. The van der Waals surface area contributed by atoms with E-state index in [0.717, 1.165) is 24.3 Å². The number of hydrogen-bond acceptors (Lipinski definition) is 3. The summed E-state index contributed by atoms with van der Waals surface area (Å²) in [4.78, 5) is 0. The van der Waals surface area contributed by atoms with Gasteiger partial charge in [0.05, 0.1) is 19.8 Å². The van der Waals surface area contributed by atoms with Gasteiger partial charge in [0.15, 0.2) is 41.1 Å². The Morgan fingerprint density at radius 1 is 0.742 bits per heavy atom. The van der Waals surface area contributed by atoms with Crippen molar-refractivity contribution in [2.45, 2.75) is 6.29 Å². The van der Waals surface area contributed by atoms with Gasteiger partial charge in [0, 0.05) is 11.5 Å². The van der Waals surface area contributed by atoms with E-state index < -0.39 is 41.1 Å². The molecule has 1 aliphatic heterocycles. The largest absolute Gasteiger partial charge is 0.487 e. The Balaban J connectivity index is 1.35. The quantitative estimate of drug-likeness (QED) is 0.374. The number of ether oxygens (including phenoxy) is 3. The van der Waals surface area contributed by atoms with Gasteiger partial charge in [-0.1, -0.05) is 30.3 Å². The fourth-order valence-corrected chi connectivity index (χ4v) is 3.21. The highest BCUT2D eigenvalue weighted by Crippen LogP contribution is 2.29. The molecule has 3 aromatic carbocycles. The Bertz CT molecular complexity index is 1020. The zero-order valence-electron chi connectivity index (χ0n) is 16.1. The van der Waals surface area contributed by atoms with Crippen molar-refractivity contribution in [2.24, 2.45) is 5.92 Å². The van der Waals surface area contributed by atoms with Gasteiger partial charge in [0.1, 0.15) is 0 Å². The summed E-state index contributed by atoms with van der Waals surface area (Å²) in [5, 5.41) is 0. The lowest BCUT2D eigenvalue weighted by Crippen LogP contribution is -2.31. The molecular formula is C23H17F5O3. The lowest BCUT2D eigenvalue weighted by Gasteiger charge is -2.29. The van der Waals surface area contributed by atoms with Crippen LogP contribution in [0.5, 0.6) is 5.75 Å². The van der Waals surface area contributed by atoms with Crippen molar-refractivity contribution < 1.29 is 36.2 Å². The molecule has 8 heteroatoms. The van der Waals surface area contributed by atoms with Crippen LogP contribution in [-0.2, 0) is 9.47 Å². The van der Waals surface area contributed by atoms with Gasteiger partial charge in [0.2, 0.25) is 0 Å². The lowest BCUT2D eigenvalue weighted by molar-refractivity contribution is -0.208. The molecule has 0 amide bonds. The van der Waals surface area contributed by atoms with Gasteiger partial charge in [-0.25, -0.2) is 22.0 Å². The molecule has 0 spiro atoms. The van der Waals surface area contributed by atoms with Crippen LogP contribution in [0.4, 0.5) is 22.0 Å². The maximum atomic E-state index is 13.6. The molecular weight excluding hydrogens is 419 g/mol. The maximum absolute atomic E-state index is 13.6. The molecule has 0 aromatic heterocycles. The molecule has 0 N–H and O–H groups in total. The monoisotopic (exact) mass is 436 g/mol. The van der Waals surface area contributed by atoms with Crippen molar-refractivity contribution in [2.75, 3.05) is 19.8 Å². The van der Waals surface area contributed by atoms with Crippen LogP contribution in [0.3, 0.4) is 0 Å². The molecule has 1 heterocycles. The fraction of sp³-hybridized carbons (Fsp3) is 0.217. The fourth-order valence-electron chi connectivity index (χ4n) is 3.21. The highest BCUT2D eigenvalue weighted by atomic mass is 19.2. The molecule has 0 saturated carbocycles. The SMILES string of the molecule is Fc1cc(-c2ccc(C3OCC(COc4c(F)cccc4F)CO3)cc2)cc(F)c1F. The zero-order valence-corrected chi connectivity index (χ0v) is 16.1. The highest BCUT2D eigenvalue weighted by molar-refractivity contribution is 5.64. The van der Waals surface area contributed by atoms with Crippen LogP contribution in [-0.4, -0.2) is 19.8 Å². The van der Waals surface area contributed by atoms with Crippen molar-refractivity contribution in [3.05, 3.63) is 89.2 Å². The molecule has 3 nitrogen and oxygen atoms in total. The molecule has 0 unspecified atom stereocenters. The van der Waals surface area contributed by atoms with E-state index in [4.69, 9.17) is 14.2 Å². The summed E-state index contributed by atoms with van der Waals surface area (Å²) in [5.74, 6) is -6.26. The van der Waals surface area contributed by atoms with E-state index in [0.29, 0.717) is 11.1 Å². The first kappa shape index (κ1) is 21.3. The first-order valence-corrected chi connectivity index (χ1v) is 9.47. The minimum absolute atomic E-state index is 0.0191. The summed E-state index contributed by atoms with van der Waals surface area (Å²) in [7, 11) is 0. The van der Waals surface area contributed by atoms with Crippen LogP contribution >= 0.6 is 0 Å². The van der Waals surface area contributed by atoms with Gasteiger partial charge in [-0.3, -0.25) is 0 Å². The lowest BCUT2D eigenvalue weighted by atomic mass is 10.0. The molecule has 162 valence electrons. The second-order valence-corrected chi connectivity index (χ2v) is 7.10. The Labute approximate surface area is 175 Å². The van der Waals surface area contributed by atoms with Crippen LogP contribution in [0.25, 0.3) is 11.1 Å². The number of para-hydroxylation sites is 1. The van der Waals surface area contributed by atoms with Gasteiger partial charge < -0.3 is 14.2 Å². The van der Waals surface area contributed by atoms with Crippen molar-refractivity contribution in [3.63, 3.8) is 0 Å². The molecule has 0 radical (unpaired) electrons. The predicted molar refractivity (Wildman–Crippen MR) is 102 cm³/mol.